The minimum Gasteiger partial charge on any atom is -0.444 e. The summed E-state index contributed by atoms with van der Waals surface area (Å²) < 4.78 is 5.42. The SMILES string of the molecule is CC(C)(C)OC(=O)N1CC=C(c2ccc(C(=O)N3CCCC3)cc2)CC1. The molecule has 0 saturated carbocycles. The van der Waals surface area contributed by atoms with Crippen molar-refractivity contribution in [2.24, 2.45) is 0 Å². The molecule has 0 N–H and O–H groups in total. The summed E-state index contributed by atoms with van der Waals surface area (Å²) in [4.78, 5) is 28.2. The van der Waals surface area contributed by atoms with Gasteiger partial charge in [0.05, 0.1) is 0 Å². The normalized spacial score (nSPS) is 17.9. The van der Waals surface area contributed by atoms with Crippen LogP contribution < -0.4 is 0 Å². The van der Waals surface area contributed by atoms with Gasteiger partial charge in [0.15, 0.2) is 0 Å². The lowest BCUT2D eigenvalue weighted by Gasteiger charge is -2.29. The fourth-order valence-corrected chi connectivity index (χ4v) is 3.35. The highest BCUT2D eigenvalue weighted by Crippen LogP contribution is 2.24. The van der Waals surface area contributed by atoms with Gasteiger partial charge in [0, 0.05) is 31.7 Å². The number of rotatable bonds is 2. The Morgan fingerprint density at radius 2 is 1.62 bits per heavy atom. The first-order valence-corrected chi connectivity index (χ1v) is 9.40. The van der Waals surface area contributed by atoms with Crippen molar-refractivity contribution in [3.8, 4) is 0 Å². The van der Waals surface area contributed by atoms with Gasteiger partial charge in [0.25, 0.3) is 5.91 Å². The van der Waals surface area contributed by atoms with E-state index in [0.717, 1.165) is 43.5 Å². The lowest BCUT2D eigenvalue weighted by molar-refractivity contribution is 0.0270. The van der Waals surface area contributed by atoms with Crippen molar-refractivity contribution in [3.05, 3.63) is 41.5 Å². The molecule has 26 heavy (non-hydrogen) atoms. The Hall–Kier alpha value is -2.30. The van der Waals surface area contributed by atoms with Crippen LogP contribution in [0, 0.1) is 0 Å². The van der Waals surface area contributed by atoms with E-state index in [1.165, 1.54) is 5.57 Å². The van der Waals surface area contributed by atoms with Crippen molar-refractivity contribution in [2.75, 3.05) is 26.2 Å². The molecular weight excluding hydrogens is 328 g/mol. The van der Waals surface area contributed by atoms with Gasteiger partial charge in [-0.2, -0.15) is 0 Å². The summed E-state index contributed by atoms with van der Waals surface area (Å²) in [7, 11) is 0. The molecule has 5 nitrogen and oxygen atoms in total. The number of likely N-dealkylation sites (tertiary alicyclic amines) is 1. The molecule has 2 aliphatic rings. The monoisotopic (exact) mass is 356 g/mol. The van der Waals surface area contributed by atoms with E-state index in [-0.39, 0.29) is 12.0 Å². The van der Waals surface area contributed by atoms with Gasteiger partial charge in [-0.3, -0.25) is 4.79 Å². The van der Waals surface area contributed by atoms with Crippen LogP contribution in [0.1, 0.15) is 56.0 Å². The highest BCUT2D eigenvalue weighted by atomic mass is 16.6. The third-order valence-electron chi connectivity index (χ3n) is 4.76. The number of carbonyl (C=O) groups is 2. The summed E-state index contributed by atoms with van der Waals surface area (Å²) in [6.07, 6.45) is 4.80. The van der Waals surface area contributed by atoms with Crippen LogP contribution in [0.15, 0.2) is 30.3 Å². The molecule has 0 bridgehead atoms. The van der Waals surface area contributed by atoms with Crippen LogP contribution in [0.4, 0.5) is 4.79 Å². The van der Waals surface area contributed by atoms with Crippen LogP contribution in [0.25, 0.3) is 5.57 Å². The van der Waals surface area contributed by atoms with Gasteiger partial charge in [-0.15, -0.1) is 0 Å². The molecule has 0 unspecified atom stereocenters. The van der Waals surface area contributed by atoms with Crippen LogP contribution in [0.5, 0.6) is 0 Å². The van der Waals surface area contributed by atoms with Crippen molar-refractivity contribution >= 4 is 17.6 Å². The first kappa shape index (κ1) is 18.5. The highest BCUT2D eigenvalue weighted by molar-refractivity contribution is 5.94. The van der Waals surface area contributed by atoms with Gasteiger partial charge >= 0.3 is 6.09 Å². The number of nitrogens with zero attached hydrogens (tertiary/aromatic N) is 2. The fourth-order valence-electron chi connectivity index (χ4n) is 3.35. The molecule has 140 valence electrons. The summed E-state index contributed by atoms with van der Waals surface area (Å²) in [5.74, 6) is 0.128. The second kappa shape index (κ2) is 7.52. The van der Waals surface area contributed by atoms with Crippen LogP contribution >= 0.6 is 0 Å². The Bertz CT molecular complexity index is 695. The lowest BCUT2D eigenvalue weighted by Crippen LogP contribution is -2.39. The van der Waals surface area contributed by atoms with Crippen LogP contribution in [-0.2, 0) is 4.74 Å². The molecule has 2 aliphatic heterocycles. The topological polar surface area (TPSA) is 49.9 Å². The number of amides is 2. The molecule has 0 spiro atoms. The lowest BCUT2D eigenvalue weighted by atomic mass is 9.98. The Morgan fingerprint density at radius 3 is 2.15 bits per heavy atom. The molecule has 2 heterocycles. The Balaban J connectivity index is 1.61. The summed E-state index contributed by atoms with van der Waals surface area (Å²) in [6.45, 7) is 8.57. The van der Waals surface area contributed by atoms with Crippen molar-refractivity contribution in [1.29, 1.82) is 0 Å². The molecule has 5 heteroatoms. The summed E-state index contributed by atoms with van der Waals surface area (Å²) >= 11 is 0. The van der Waals surface area contributed by atoms with E-state index < -0.39 is 5.60 Å². The zero-order valence-corrected chi connectivity index (χ0v) is 16.0. The molecule has 1 saturated heterocycles. The largest absolute Gasteiger partial charge is 0.444 e. The minimum atomic E-state index is -0.473. The number of ether oxygens (including phenoxy) is 1. The van der Waals surface area contributed by atoms with E-state index in [4.69, 9.17) is 4.74 Å². The second-order valence-electron chi connectivity index (χ2n) is 7.98. The second-order valence-corrected chi connectivity index (χ2v) is 7.98. The maximum absolute atomic E-state index is 12.4. The van der Waals surface area contributed by atoms with Crippen LogP contribution in [-0.4, -0.2) is 53.6 Å². The highest BCUT2D eigenvalue weighted by Gasteiger charge is 2.24. The molecule has 1 aromatic carbocycles. The molecule has 0 radical (unpaired) electrons. The summed E-state index contributed by atoms with van der Waals surface area (Å²) in [5.41, 5.74) is 2.61. The standard InChI is InChI=1S/C21H28N2O3/c1-21(2,3)26-20(25)23-14-10-17(11-15-23)16-6-8-18(9-7-16)19(24)22-12-4-5-13-22/h6-10H,4-5,11-15H2,1-3H3. The third kappa shape index (κ3) is 4.45. The first-order valence-electron chi connectivity index (χ1n) is 9.40. The van der Waals surface area contributed by atoms with Gasteiger partial charge in [-0.25, -0.2) is 4.79 Å². The maximum atomic E-state index is 12.4. The van der Waals surface area contributed by atoms with Gasteiger partial charge in [-0.1, -0.05) is 18.2 Å². The molecule has 3 rings (SSSR count). The van der Waals surface area contributed by atoms with E-state index in [0.29, 0.717) is 13.1 Å². The number of carbonyl (C=O) groups excluding carboxylic acids is 2. The van der Waals surface area contributed by atoms with Gasteiger partial charge in [0.1, 0.15) is 5.60 Å². The average Bonchev–Trinajstić information content (AvgIpc) is 3.14. The maximum Gasteiger partial charge on any atom is 0.410 e. The molecule has 0 atom stereocenters. The van der Waals surface area contributed by atoms with E-state index in [1.54, 1.807) is 4.90 Å². The van der Waals surface area contributed by atoms with E-state index in [9.17, 15) is 9.59 Å². The molecule has 0 aromatic heterocycles. The zero-order valence-electron chi connectivity index (χ0n) is 16.0. The quantitative estimate of drug-likeness (QED) is 0.806. The van der Waals surface area contributed by atoms with Crippen molar-refractivity contribution < 1.29 is 14.3 Å². The summed E-state index contributed by atoms with van der Waals surface area (Å²) in [6, 6.07) is 7.85. The van der Waals surface area contributed by atoms with Crippen molar-refractivity contribution in [2.45, 2.75) is 45.6 Å². The summed E-state index contributed by atoms with van der Waals surface area (Å²) in [5, 5.41) is 0. The Labute approximate surface area is 155 Å². The fraction of sp³-hybridized carbons (Fsp3) is 0.524. The van der Waals surface area contributed by atoms with Crippen molar-refractivity contribution in [1.82, 2.24) is 9.80 Å². The minimum absolute atomic E-state index is 0.128. The van der Waals surface area contributed by atoms with Crippen molar-refractivity contribution in [3.63, 3.8) is 0 Å². The molecule has 2 amide bonds. The van der Waals surface area contributed by atoms with Gasteiger partial charge < -0.3 is 14.5 Å². The molecule has 1 aromatic rings. The number of benzene rings is 1. The van der Waals surface area contributed by atoms with Crippen LogP contribution in [0.3, 0.4) is 0 Å². The molecule has 0 aliphatic carbocycles. The Kier molecular flexibility index (Phi) is 5.35. The average molecular weight is 356 g/mol. The number of hydrogen-bond donors (Lipinski definition) is 0. The van der Waals surface area contributed by atoms with E-state index in [2.05, 4.69) is 6.08 Å². The van der Waals surface area contributed by atoms with E-state index >= 15 is 0 Å². The smallest absolute Gasteiger partial charge is 0.410 e. The zero-order chi connectivity index (χ0) is 18.7. The molecular formula is C21H28N2O3. The third-order valence-corrected chi connectivity index (χ3v) is 4.76. The van der Waals surface area contributed by atoms with Crippen LogP contribution in [0.2, 0.25) is 0 Å². The predicted molar refractivity (Wildman–Crippen MR) is 102 cm³/mol. The van der Waals surface area contributed by atoms with Gasteiger partial charge in [-0.05, 0) is 63.3 Å². The first-order chi connectivity index (χ1) is 12.3. The Morgan fingerprint density at radius 1 is 0.962 bits per heavy atom. The number of hydrogen-bond acceptors (Lipinski definition) is 3. The van der Waals surface area contributed by atoms with Gasteiger partial charge in [0.2, 0.25) is 0 Å². The predicted octanol–water partition coefficient (Wildman–Crippen LogP) is 3.95. The van der Waals surface area contributed by atoms with E-state index in [1.807, 2.05) is 49.9 Å². The molecule has 1 fully saturated rings.